The molecule has 2 N–H and O–H groups in total. The van der Waals surface area contributed by atoms with Gasteiger partial charge in [-0.25, -0.2) is 4.39 Å². The first-order chi connectivity index (χ1) is 10.2. The minimum atomic E-state index is -0.203. The van der Waals surface area contributed by atoms with E-state index in [-0.39, 0.29) is 5.82 Å². The fourth-order valence-corrected chi connectivity index (χ4v) is 3.20. The van der Waals surface area contributed by atoms with Crippen molar-refractivity contribution in [3.05, 3.63) is 65.0 Å². The van der Waals surface area contributed by atoms with E-state index in [1.165, 1.54) is 17.3 Å². The normalized spacial score (nSPS) is 17.7. The van der Waals surface area contributed by atoms with E-state index in [4.69, 9.17) is 5.73 Å². The van der Waals surface area contributed by atoms with Crippen molar-refractivity contribution in [2.75, 3.05) is 11.4 Å². The minimum Gasteiger partial charge on any atom is -0.367 e. The first kappa shape index (κ1) is 14.1. The van der Waals surface area contributed by atoms with Crippen LogP contribution in [0.3, 0.4) is 0 Å². The predicted octanol–water partition coefficient (Wildman–Crippen LogP) is 3.48. The summed E-state index contributed by atoms with van der Waals surface area (Å²) < 4.78 is 13.7. The van der Waals surface area contributed by atoms with Crippen molar-refractivity contribution in [2.45, 2.75) is 26.4 Å². The van der Waals surface area contributed by atoms with Gasteiger partial charge in [0.15, 0.2) is 0 Å². The zero-order valence-electron chi connectivity index (χ0n) is 12.3. The highest BCUT2D eigenvalue weighted by Crippen LogP contribution is 2.30. The maximum absolute atomic E-state index is 13.7. The Morgan fingerprint density at radius 1 is 1.19 bits per heavy atom. The van der Waals surface area contributed by atoms with E-state index in [1.54, 1.807) is 6.07 Å². The van der Waals surface area contributed by atoms with E-state index in [0.29, 0.717) is 12.5 Å². The number of halogens is 1. The Morgan fingerprint density at radius 2 is 1.95 bits per heavy atom. The molecule has 3 heteroatoms. The van der Waals surface area contributed by atoms with Gasteiger partial charge in [0, 0.05) is 25.3 Å². The van der Waals surface area contributed by atoms with Gasteiger partial charge in [0.25, 0.3) is 0 Å². The van der Waals surface area contributed by atoms with Gasteiger partial charge in [0.05, 0.1) is 0 Å². The Morgan fingerprint density at radius 3 is 2.76 bits per heavy atom. The molecule has 0 aliphatic carbocycles. The average molecular weight is 284 g/mol. The van der Waals surface area contributed by atoms with E-state index < -0.39 is 0 Å². The molecule has 0 aromatic heterocycles. The fourth-order valence-electron chi connectivity index (χ4n) is 3.20. The summed E-state index contributed by atoms with van der Waals surface area (Å²) >= 11 is 0. The van der Waals surface area contributed by atoms with Crippen LogP contribution in [0.25, 0.3) is 0 Å². The number of fused-ring (bicyclic) bond motifs is 1. The highest BCUT2D eigenvalue weighted by Gasteiger charge is 2.21. The predicted molar refractivity (Wildman–Crippen MR) is 84.7 cm³/mol. The zero-order chi connectivity index (χ0) is 14.8. The lowest BCUT2D eigenvalue weighted by Gasteiger charge is -2.35. The average Bonchev–Trinajstić information content (AvgIpc) is 2.46. The molecule has 0 spiro atoms. The Bertz CT molecular complexity index is 639. The first-order valence-electron chi connectivity index (χ1n) is 7.47. The topological polar surface area (TPSA) is 29.3 Å². The molecule has 1 unspecified atom stereocenters. The van der Waals surface area contributed by atoms with Crippen LogP contribution in [0, 0.1) is 11.7 Å². The van der Waals surface area contributed by atoms with Crippen LogP contribution in [0.5, 0.6) is 0 Å². The fraction of sp³-hybridized carbons (Fsp3) is 0.333. The Balaban J connectivity index is 1.90. The number of nitrogens with two attached hydrogens (primary N) is 1. The smallest absolute Gasteiger partial charge is 0.123 e. The molecule has 2 aromatic rings. The molecule has 1 aliphatic heterocycles. The third-order valence-electron chi connectivity index (χ3n) is 4.06. The summed E-state index contributed by atoms with van der Waals surface area (Å²) in [6, 6.07) is 13.6. The highest BCUT2D eigenvalue weighted by molar-refractivity contribution is 5.56. The van der Waals surface area contributed by atoms with Gasteiger partial charge >= 0.3 is 0 Å². The summed E-state index contributed by atoms with van der Waals surface area (Å²) in [6.07, 6.45) is 1.11. The van der Waals surface area contributed by atoms with Crippen LogP contribution in [-0.2, 0) is 19.5 Å². The van der Waals surface area contributed by atoms with Crippen molar-refractivity contribution in [1.29, 1.82) is 0 Å². The van der Waals surface area contributed by atoms with E-state index in [9.17, 15) is 4.39 Å². The lowest BCUT2D eigenvalue weighted by molar-refractivity contribution is 0.529. The summed E-state index contributed by atoms with van der Waals surface area (Å²) in [7, 11) is 0. The van der Waals surface area contributed by atoms with Crippen molar-refractivity contribution >= 4 is 5.69 Å². The number of hydrogen-bond donors (Lipinski definition) is 1. The number of benzene rings is 2. The third kappa shape index (κ3) is 3.08. The van der Waals surface area contributed by atoms with Gasteiger partial charge in [-0.2, -0.15) is 0 Å². The molecule has 2 aromatic carbocycles. The van der Waals surface area contributed by atoms with Crippen molar-refractivity contribution in [3.63, 3.8) is 0 Å². The van der Waals surface area contributed by atoms with Crippen molar-refractivity contribution in [2.24, 2.45) is 11.7 Å². The SMILES string of the molecule is CC1Cc2ccccc2N(Cc2cc(F)cc(CN)c2)C1. The molecule has 1 heterocycles. The van der Waals surface area contributed by atoms with Crippen LogP contribution in [0.15, 0.2) is 42.5 Å². The van der Waals surface area contributed by atoms with Gasteiger partial charge in [0.1, 0.15) is 5.82 Å². The number of hydrogen-bond acceptors (Lipinski definition) is 2. The lowest BCUT2D eigenvalue weighted by atomic mass is 9.93. The number of para-hydroxylation sites is 1. The molecule has 21 heavy (non-hydrogen) atoms. The number of rotatable bonds is 3. The van der Waals surface area contributed by atoms with Crippen LogP contribution in [-0.4, -0.2) is 6.54 Å². The van der Waals surface area contributed by atoms with Gasteiger partial charge in [0.2, 0.25) is 0 Å². The molecule has 0 fully saturated rings. The Hall–Kier alpha value is -1.87. The molecule has 0 radical (unpaired) electrons. The number of anilines is 1. The zero-order valence-corrected chi connectivity index (χ0v) is 12.3. The van der Waals surface area contributed by atoms with Gasteiger partial charge in [-0.05, 0) is 47.2 Å². The second kappa shape index (κ2) is 5.86. The van der Waals surface area contributed by atoms with Gasteiger partial charge in [-0.15, -0.1) is 0 Å². The van der Waals surface area contributed by atoms with Gasteiger partial charge in [-0.1, -0.05) is 31.2 Å². The van der Waals surface area contributed by atoms with Crippen LogP contribution in [0.2, 0.25) is 0 Å². The summed E-state index contributed by atoms with van der Waals surface area (Å²) in [5.74, 6) is 0.411. The minimum absolute atomic E-state index is 0.203. The highest BCUT2D eigenvalue weighted by atomic mass is 19.1. The molecule has 0 amide bonds. The Labute approximate surface area is 125 Å². The molecular weight excluding hydrogens is 263 g/mol. The van der Waals surface area contributed by atoms with Crippen molar-refractivity contribution in [3.8, 4) is 0 Å². The second-order valence-corrected chi connectivity index (χ2v) is 5.99. The van der Waals surface area contributed by atoms with Crippen molar-refractivity contribution in [1.82, 2.24) is 0 Å². The van der Waals surface area contributed by atoms with Gasteiger partial charge < -0.3 is 10.6 Å². The largest absolute Gasteiger partial charge is 0.367 e. The van der Waals surface area contributed by atoms with E-state index in [0.717, 1.165) is 30.6 Å². The first-order valence-corrected chi connectivity index (χ1v) is 7.47. The quantitative estimate of drug-likeness (QED) is 0.935. The van der Waals surface area contributed by atoms with E-state index >= 15 is 0 Å². The summed E-state index contributed by atoms with van der Waals surface area (Å²) in [4.78, 5) is 2.35. The lowest BCUT2D eigenvalue weighted by Crippen LogP contribution is -2.33. The summed E-state index contributed by atoms with van der Waals surface area (Å²) in [5.41, 5.74) is 10.1. The van der Waals surface area contributed by atoms with Crippen LogP contribution < -0.4 is 10.6 Å². The van der Waals surface area contributed by atoms with Crippen LogP contribution in [0.1, 0.15) is 23.6 Å². The maximum Gasteiger partial charge on any atom is 0.123 e. The monoisotopic (exact) mass is 284 g/mol. The molecule has 1 aliphatic rings. The van der Waals surface area contributed by atoms with E-state index in [1.807, 2.05) is 6.07 Å². The molecular formula is C18H21FN2. The Kier molecular flexibility index (Phi) is 3.93. The standard InChI is InChI=1S/C18H21FN2/c1-13-6-16-4-2-3-5-18(16)21(11-13)12-15-7-14(10-20)8-17(19)9-15/h2-5,7-9,13H,6,10-12,20H2,1H3. The molecule has 0 bridgehead atoms. The van der Waals surface area contributed by atoms with E-state index in [2.05, 4.69) is 36.1 Å². The van der Waals surface area contributed by atoms with Crippen LogP contribution >= 0.6 is 0 Å². The molecule has 0 saturated heterocycles. The molecule has 1 atom stereocenters. The third-order valence-corrected chi connectivity index (χ3v) is 4.06. The molecule has 110 valence electrons. The molecule has 0 saturated carbocycles. The van der Waals surface area contributed by atoms with Crippen molar-refractivity contribution < 1.29 is 4.39 Å². The number of nitrogens with zero attached hydrogens (tertiary/aromatic N) is 1. The summed E-state index contributed by atoms with van der Waals surface area (Å²) in [5, 5.41) is 0. The maximum atomic E-state index is 13.7. The molecule has 3 rings (SSSR count). The molecule has 2 nitrogen and oxygen atoms in total. The second-order valence-electron chi connectivity index (χ2n) is 5.99. The summed E-state index contributed by atoms with van der Waals surface area (Å²) in [6.45, 7) is 4.37. The van der Waals surface area contributed by atoms with Crippen LogP contribution in [0.4, 0.5) is 10.1 Å². The van der Waals surface area contributed by atoms with Gasteiger partial charge in [-0.3, -0.25) is 0 Å².